The molecule has 0 spiro atoms. The van der Waals surface area contributed by atoms with Crippen molar-refractivity contribution in [2.45, 2.75) is 6.92 Å². The number of fused-ring (bicyclic) bond motifs is 1. The Morgan fingerprint density at radius 2 is 0.789 bits per heavy atom. The maximum Gasteiger partial charge on any atom is 0.0260 e. The highest BCUT2D eigenvalue weighted by atomic mass is 79.9. The van der Waals surface area contributed by atoms with Gasteiger partial charge in [-0.2, -0.15) is 0 Å². The molecule has 6 aromatic rings. The van der Waals surface area contributed by atoms with Crippen molar-refractivity contribution in [3.63, 3.8) is 0 Å². The summed E-state index contributed by atoms with van der Waals surface area (Å²) < 4.78 is 3.22. The molecule has 0 aliphatic carbocycles. The van der Waals surface area contributed by atoms with Gasteiger partial charge in [-0.1, -0.05) is 133 Å². The van der Waals surface area contributed by atoms with Crippen molar-refractivity contribution in [3.05, 3.63) is 140 Å². The highest BCUT2D eigenvalue weighted by molar-refractivity contribution is 9.11. The minimum absolute atomic E-state index is 1.06. The van der Waals surface area contributed by atoms with Crippen molar-refractivity contribution in [1.29, 1.82) is 0 Å². The Morgan fingerprint density at radius 3 is 1.39 bits per heavy atom. The number of halogens is 3. The lowest BCUT2D eigenvalue weighted by atomic mass is 9.89. The molecule has 0 N–H and O–H groups in total. The van der Waals surface area contributed by atoms with Gasteiger partial charge in [-0.3, -0.25) is 0 Å². The molecule has 0 atom stereocenters. The lowest BCUT2D eigenvalue weighted by molar-refractivity contribution is 1.43. The first-order chi connectivity index (χ1) is 18.5. The van der Waals surface area contributed by atoms with E-state index in [0.29, 0.717) is 0 Å². The minimum Gasteiger partial charge on any atom is -0.0622 e. The molecule has 0 saturated heterocycles. The number of rotatable bonds is 4. The average Bonchev–Trinajstić information content (AvgIpc) is 2.94. The predicted octanol–water partition coefficient (Wildman–Crippen LogP) is 12.1. The van der Waals surface area contributed by atoms with Crippen molar-refractivity contribution in [1.82, 2.24) is 0 Å². The van der Waals surface area contributed by atoms with Gasteiger partial charge in [0.05, 0.1) is 0 Å². The number of hydrogen-bond acceptors (Lipinski definition) is 0. The molecule has 184 valence electrons. The summed E-state index contributed by atoms with van der Waals surface area (Å²) in [6.45, 7) is 2.18. The Bertz CT molecular complexity index is 1790. The summed E-state index contributed by atoms with van der Waals surface area (Å²) in [4.78, 5) is 0. The SMILES string of the molecule is Cc1cc(Br)c(-c2cc(-c3ccccc3)c(-c3ccccc3)cc2Br)cc1-c1cc2ccccc2cc1Br. The maximum atomic E-state index is 3.94. The van der Waals surface area contributed by atoms with Crippen LogP contribution in [0.25, 0.3) is 55.3 Å². The van der Waals surface area contributed by atoms with Crippen LogP contribution in [0.15, 0.2) is 135 Å². The largest absolute Gasteiger partial charge is 0.0622 e. The molecule has 0 heterocycles. The summed E-state index contributed by atoms with van der Waals surface area (Å²) >= 11 is 11.7. The van der Waals surface area contributed by atoms with Crippen LogP contribution in [0, 0.1) is 6.92 Å². The lowest BCUT2D eigenvalue weighted by Crippen LogP contribution is -1.93. The predicted molar refractivity (Wildman–Crippen MR) is 174 cm³/mol. The molecule has 0 aliphatic heterocycles. The van der Waals surface area contributed by atoms with Gasteiger partial charge < -0.3 is 0 Å². The average molecular weight is 683 g/mol. The van der Waals surface area contributed by atoms with Gasteiger partial charge in [-0.15, -0.1) is 0 Å². The molecule has 0 amide bonds. The molecular weight excluding hydrogens is 660 g/mol. The first-order valence-corrected chi connectivity index (χ1v) is 14.8. The van der Waals surface area contributed by atoms with Crippen LogP contribution in [0.3, 0.4) is 0 Å². The Balaban J connectivity index is 1.58. The third-order valence-electron chi connectivity index (χ3n) is 7.01. The van der Waals surface area contributed by atoms with Gasteiger partial charge in [0.1, 0.15) is 0 Å². The normalized spacial score (nSPS) is 11.2. The Morgan fingerprint density at radius 1 is 0.368 bits per heavy atom. The van der Waals surface area contributed by atoms with Crippen LogP contribution in [-0.4, -0.2) is 0 Å². The molecule has 0 aliphatic rings. The van der Waals surface area contributed by atoms with Crippen LogP contribution in [0.4, 0.5) is 0 Å². The molecule has 0 saturated carbocycles. The van der Waals surface area contributed by atoms with Crippen molar-refractivity contribution in [2.24, 2.45) is 0 Å². The smallest absolute Gasteiger partial charge is 0.0260 e. The van der Waals surface area contributed by atoms with E-state index in [4.69, 9.17) is 0 Å². The van der Waals surface area contributed by atoms with E-state index in [-0.39, 0.29) is 0 Å². The zero-order chi connectivity index (χ0) is 26.2. The van der Waals surface area contributed by atoms with Crippen LogP contribution in [0.1, 0.15) is 5.56 Å². The summed E-state index contributed by atoms with van der Waals surface area (Å²) in [5.74, 6) is 0. The molecule has 0 radical (unpaired) electrons. The maximum absolute atomic E-state index is 3.94. The standard InChI is InChI=1S/C35H23Br3/c1-22-16-33(36)31(19-27(22)30-17-25-14-8-9-15-26(25)18-34(30)37)32-20-28(23-10-4-2-5-11-23)29(21-35(32)38)24-12-6-3-7-13-24/h2-21H,1H3. The first kappa shape index (κ1) is 25.3. The Kier molecular flexibility index (Phi) is 7.09. The van der Waals surface area contributed by atoms with Gasteiger partial charge in [0.25, 0.3) is 0 Å². The Hall–Kier alpha value is -2.98. The van der Waals surface area contributed by atoms with Gasteiger partial charge in [0.2, 0.25) is 0 Å². The van der Waals surface area contributed by atoms with E-state index in [9.17, 15) is 0 Å². The van der Waals surface area contributed by atoms with Crippen LogP contribution in [0.2, 0.25) is 0 Å². The molecule has 0 nitrogen and oxygen atoms in total. The van der Waals surface area contributed by atoms with Crippen LogP contribution < -0.4 is 0 Å². The molecule has 6 rings (SSSR count). The zero-order valence-corrected chi connectivity index (χ0v) is 25.4. The van der Waals surface area contributed by atoms with E-state index in [1.807, 2.05) is 0 Å². The molecule has 38 heavy (non-hydrogen) atoms. The van der Waals surface area contributed by atoms with Gasteiger partial charge in [0.15, 0.2) is 0 Å². The van der Waals surface area contributed by atoms with Crippen LogP contribution in [-0.2, 0) is 0 Å². The highest BCUT2D eigenvalue weighted by Gasteiger charge is 2.18. The molecule has 0 fully saturated rings. The summed E-state index contributed by atoms with van der Waals surface area (Å²) in [7, 11) is 0. The fourth-order valence-corrected chi connectivity index (χ4v) is 6.88. The first-order valence-electron chi connectivity index (χ1n) is 12.4. The summed E-state index contributed by atoms with van der Waals surface area (Å²) in [5.41, 5.74) is 10.7. The monoisotopic (exact) mass is 680 g/mol. The zero-order valence-electron chi connectivity index (χ0n) is 20.7. The van der Waals surface area contributed by atoms with Gasteiger partial charge >= 0.3 is 0 Å². The topological polar surface area (TPSA) is 0 Å². The minimum atomic E-state index is 1.06. The summed E-state index contributed by atoms with van der Waals surface area (Å²) in [6.07, 6.45) is 0. The molecule has 6 aromatic carbocycles. The number of benzene rings is 6. The van der Waals surface area contributed by atoms with Crippen LogP contribution >= 0.6 is 47.8 Å². The lowest BCUT2D eigenvalue weighted by Gasteiger charge is -2.18. The quantitative estimate of drug-likeness (QED) is 0.174. The van der Waals surface area contributed by atoms with E-state index in [2.05, 4.69) is 176 Å². The third kappa shape index (κ3) is 4.80. The van der Waals surface area contributed by atoms with E-state index < -0.39 is 0 Å². The second kappa shape index (κ2) is 10.6. The van der Waals surface area contributed by atoms with Crippen molar-refractivity contribution >= 4 is 58.6 Å². The van der Waals surface area contributed by atoms with E-state index in [0.717, 1.165) is 24.5 Å². The third-order valence-corrected chi connectivity index (χ3v) is 8.97. The van der Waals surface area contributed by atoms with Crippen molar-refractivity contribution < 1.29 is 0 Å². The molecular formula is C35H23Br3. The van der Waals surface area contributed by atoms with E-state index in [1.165, 1.54) is 49.7 Å². The second-order valence-corrected chi connectivity index (χ2v) is 12.0. The fourth-order valence-electron chi connectivity index (χ4n) is 5.08. The van der Waals surface area contributed by atoms with Crippen molar-refractivity contribution in [3.8, 4) is 44.5 Å². The highest BCUT2D eigenvalue weighted by Crippen LogP contribution is 2.45. The number of hydrogen-bond donors (Lipinski definition) is 0. The fraction of sp³-hybridized carbons (Fsp3) is 0.0286. The van der Waals surface area contributed by atoms with Crippen LogP contribution in [0.5, 0.6) is 0 Å². The molecule has 0 aromatic heterocycles. The Labute approximate surface area is 248 Å². The van der Waals surface area contributed by atoms with Gasteiger partial charge in [0, 0.05) is 13.4 Å². The van der Waals surface area contributed by atoms with Gasteiger partial charge in [-0.05, 0) is 104 Å². The van der Waals surface area contributed by atoms with Gasteiger partial charge in [-0.25, -0.2) is 0 Å². The van der Waals surface area contributed by atoms with E-state index >= 15 is 0 Å². The van der Waals surface area contributed by atoms with E-state index in [1.54, 1.807) is 0 Å². The summed E-state index contributed by atoms with van der Waals surface area (Å²) in [5, 5.41) is 2.46. The molecule has 0 bridgehead atoms. The summed E-state index contributed by atoms with van der Waals surface area (Å²) in [6, 6.07) is 43.3. The molecule has 0 unspecified atom stereocenters. The number of aryl methyl sites for hydroxylation is 1. The van der Waals surface area contributed by atoms with Crippen molar-refractivity contribution in [2.75, 3.05) is 0 Å². The molecule has 3 heteroatoms. The second-order valence-electron chi connectivity index (χ2n) is 9.44.